The average molecular weight is 288 g/mol. The van der Waals surface area contributed by atoms with Gasteiger partial charge in [0.15, 0.2) is 5.82 Å². The molecule has 0 saturated carbocycles. The van der Waals surface area contributed by atoms with Crippen molar-refractivity contribution < 1.29 is 9.50 Å². The van der Waals surface area contributed by atoms with Crippen molar-refractivity contribution in [3.05, 3.63) is 39.8 Å². The van der Waals surface area contributed by atoms with Crippen molar-refractivity contribution in [2.24, 2.45) is 5.73 Å². The molecule has 0 bridgehead atoms. The molecule has 0 radical (unpaired) electrons. The first kappa shape index (κ1) is 13.0. The molecule has 0 aliphatic heterocycles. The highest BCUT2D eigenvalue weighted by Crippen LogP contribution is 2.29. The number of hydrogen-bond donors (Lipinski definition) is 2. The molecule has 7 heteroatoms. The van der Waals surface area contributed by atoms with Crippen LogP contribution in [0.3, 0.4) is 0 Å². The van der Waals surface area contributed by atoms with Crippen LogP contribution < -0.4 is 5.73 Å². The van der Waals surface area contributed by atoms with E-state index in [-0.39, 0.29) is 33.5 Å². The van der Waals surface area contributed by atoms with E-state index >= 15 is 0 Å². The lowest BCUT2D eigenvalue weighted by Crippen LogP contribution is -2.03. The lowest BCUT2D eigenvalue weighted by molar-refractivity contribution is 0.453. The summed E-state index contributed by atoms with van der Waals surface area (Å²) in [6.45, 7) is -0.0436. The van der Waals surface area contributed by atoms with E-state index in [1.165, 1.54) is 18.3 Å². The predicted molar refractivity (Wildman–Crippen MR) is 67.0 cm³/mol. The summed E-state index contributed by atoms with van der Waals surface area (Å²) >= 11 is 11.4. The molecule has 18 heavy (non-hydrogen) atoms. The second-order valence-electron chi connectivity index (χ2n) is 3.46. The van der Waals surface area contributed by atoms with E-state index in [1.54, 1.807) is 0 Å². The van der Waals surface area contributed by atoms with E-state index in [9.17, 15) is 9.50 Å². The van der Waals surface area contributed by atoms with Crippen molar-refractivity contribution in [1.82, 2.24) is 9.97 Å². The Morgan fingerprint density at radius 1 is 1.28 bits per heavy atom. The van der Waals surface area contributed by atoms with Crippen LogP contribution in [0.5, 0.6) is 5.88 Å². The Hall–Kier alpha value is -1.43. The van der Waals surface area contributed by atoms with Gasteiger partial charge in [0.05, 0.1) is 11.8 Å². The fourth-order valence-corrected chi connectivity index (χ4v) is 1.76. The summed E-state index contributed by atoms with van der Waals surface area (Å²) in [6.07, 6.45) is 1.19. The molecule has 0 spiro atoms. The highest BCUT2D eigenvalue weighted by molar-refractivity contribution is 6.32. The lowest BCUT2D eigenvalue weighted by Gasteiger charge is -2.08. The number of aromatic hydroxyl groups is 1. The minimum atomic E-state index is -0.605. The number of benzene rings is 1. The first-order chi connectivity index (χ1) is 8.54. The molecule has 2 rings (SSSR count). The molecule has 94 valence electrons. The van der Waals surface area contributed by atoms with Crippen molar-refractivity contribution in [3.63, 3.8) is 0 Å². The molecule has 4 nitrogen and oxygen atoms in total. The Labute approximate surface area is 112 Å². The number of hydrogen-bond acceptors (Lipinski definition) is 4. The van der Waals surface area contributed by atoms with Crippen molar-refractivity contribution >= 4 is 23.2 Å². The van der Waals surface area contributed by atoms with Gasteiger partial charge >= 0.3 is 0 Å². The standard InChI is InChI=1S/C11H8Cl2FN3O/c12-7-2-1-5(9(14)6(7)3-15)10-16-4-8(13)11(18)17-10/h1-2,4H,3,15H2,(H,16,17,18). The van der Waals surface area contributed by atoms with Gasteiger partial charge in [0.2, 0.25) is 5.88 Å². The van der Waals surface area contributed by atoms with Crippen LogP contribution in [0.1, 0.15) is 5.56 Å². The van der Waals surface area contributed by atoms with E-state index in [4.69, 9.17) is 28.9 Å². The Bertz CT molecular complexity index is 607. The molecule has 0 atom stereocenters. The normalized spacial score (nSPS) is 10.7. The van der Waals surface area contributed by atoms with Crippen molar-refractivity contribution in [2.75, 3.05) is 0 Å². The molecule has 0 fully saturated rings. The smallest absolute Gasteiger partial charge is 0.233 e. The topological polar surface area (TPSA) is 72.0 Å². The van der Waals surface area contributed by atoms with Crippen LogP contribution >= 0.6 is 23.2 Å². The number of nitrogens with zero attached hydrogens (tertiary/aromatic N) is 2. The number of halogens is 3. The quantitative estimate of drug-likeness (QED) is 0.891. The molecule has 1 aromatic carbocycles. The van der Waals surface area contributed by atoms with Gasteiger partial charge in [-0.05, 0) is 12.1 Å². The van der Waals surface area contributed by atoms with Crippen LogP contribution in [0.4, 0.5) is 4.39 Å². The molecule has 1 aromatic heterocycles. The van der Waals surface area contributed by atoms with E-state index in [0.717, 1.165) is 0 Å². The molecule has 1 heterocycles. The zero-order valence-electron chi connectivity index (χ0n) is 8.99. The molecule has 0 aliphatic rings. The first-order valence-corrected chi connectivity index (χ1v) is 5.69. The zero-order valence-corrected chi connectivity index (χ0v) is 10.5. The van der Waals surface area contributed by atoms with Gasteiger partial charge in [-0.2, -0.15) is 4.98 Å². The van der Waals surface area contributed by atoms with Crippen molar-refractivity contribution in [2.45, 2.75) is 6.54 Å². The predicted octanol–water partition coefficient (Wildman–Crippen LogP) is 2.75. The van der Waals surface area contributed by atoms with Crippen molar-refractivity contribution in [3.8, 4) is 17.3 Å². The molecule has 0 amide bonds. The van der Waals surface area contributed by atoms with E-state index in [0.29, 0.717) is 0 Å². The molecule has 0 saturated heterocycles. The van der Waals surface area contributed by atoms with Crippen LogP contribution in [0.15, 0.2) is 18.3 Å². The highest BCUT2D eigenvalue weighted by atomic mass is 35.5. The summed E-state index contributed by atoms with van der Waals surface area (Å²) in [4.78, 5) is 7.55. The first-order valence-electron chi connectivity index (χ1n) is 4.93. The fourth-order valence-electron chi connectivity index (χ4n) is 1.45. The number of nitrogens with two attached hydrogens (primary N) is 1. The Kier molecular flexibility index (Phi) is 3.65. The van der Waals surface area contributed by atoms with Gasteiger partial charge in [0, 0.05) is 17.1 Å². The van der Waals surface area contributed by atoms with E-state index in [2.05, 4.69) is 9.97 Å². The van der Waals surface area contributed by atoms with Crippen LogP contribution in [0.25, 0.3) is 11.4 Å². The van der Waals surface area contributed by atoms with Crippen LogP contribution in [-0.2, 0) is 6.54 Å². The maximum atomic E-state index is 14.1. The minimum absolute atomic E-state index is 0.00725. The van der Waals surface area contributed by atoms with Gasteiger partial charge in [-0.3, -0.25) is 0 Å². The maximum Gasteiger partial charge on any atom is 0.233 e. The molecular weight excluding hydrogens is 280 g/mol. The monoisotopic (exact) mass is 287 g/mol. The minimum Gasteiger partial charge on any atom is -0.492 e. The molecule has 2 aromatic rings. The number of aromatic nitrogens is 2. The second kappa shape index (κ2) is 5.06. The van der Waals surface area contributed by atoms with Crippen LogP contribution in [-0.4, -0.2) is 15.1 Å². The Morgan fingerprint density at radius 2 is 2.00 bits per heavy atom. The van der Waals surface area contributed by atoms with Crippen molar-refractivity contribution in [1.29, 1.82) is 0 Å². The van der Waals surface area contributed by atoms with Gasteiger partial charge in [-0.1, -0.05) is 23.2 Å². The average Bonchev–Trinajstić information content (AvgIpc) is 2.34. The molecular formula is C11H8Cl2FN3O. The highest BCUT2D eigenvalue weighted by Gasteiger charge is 2.15. The van der Waals surface area contributed by atoms with Crippen LogP contribution in [0, 0.1) is 5.82 Å². The summed E-state index contributed by atoms with van der Waals surface area (Å²) in [5.74, 6) is -1.00. The third-order valence-corrected chi connectivity index (χ3v) is 2.98. The molecule has 0 aliphatic carbocycles. The van der Waals surface area contributed by atoms with Crippen LogP contribution in [0.2, 0.25) is 10.0 Å². The Morgan fingerprint density at radius 3 is 2.61 bits per heavy atom. The Balaban J connectivity index is 2.60. The number of rotatable bonds is 2. The summed E-state index contributed by atoms with van der Waals surface area (Å²) in [7, 11) is 0. The zero-order chi connectivity index (χ0) is 13.3. The SMILES string of the molecule is NCc1c(Cl)ccc(-c2ncc(Cl)c(O)n2)c1F. The molecule has 0 unspecified atom stereocenters. The maximum absolute atomic E-state index is 14.1. The van der Waals surface area contributed by atoms with E-state index < -0.39 is 11.7 Å². The summed E-state index contributed by atoms with van der Waals surface area (Å²) < 4.78 is 14.1. The van der Waals surface area contributed by atoms with Gasteiger partial charge in [-0.25, -0.2) is 9.37 Å². The summed E-state index contributed by atoms with van der Waals surface area (Å²) in [6, 6.07) is 2.91. The van der Waals surface area contributed by atoms with Gasteiger partial charge < -0.3 is 10.8 Å². The lowest BCUT2D eigenvalue weighted by atomic mass is 10.1. The third-order valence-electron chi connectivity index (χ3n) is 2.36. The van der Waals surface area contributed by atoms with Gasteiger partial charge in [0.25, 0.3) is 0 Å². The van der Waals surface area contributed by atoms with E-state index in [1.807, 2.05) is 0 Å². The molecule has 3 N–H and O–H groups in total. The summed E-state index contributed by atoms with van der Waals surface area (Å²) in [5, 5.41) is 9.60. The summed E-state index contributed by atoms with van der Waals surface area (Å²) in [5.41, 5.74) is 5.69. The third kappa shape index (κ3) is 2.25. The van der Waals surface area contributed by atoms with Gasteiger partial charge in [0.1, 0.15) is 10.8 Å². The second-order valence-corrected chi connectivity index (χ2v) is 4.27. The largest absolute Gasteiger partial charge is 0.492 e. The van der Waals surface area contributed by atoms with Gasteiger partial charge in [-0.15, -0.1) is 0 Å². The fraction of sp³-hybridized carbons (Fsp3) is 0.0909.